The van der Waals surface area contributed by atoms with Crippen LogP contribution in [0.4, 0.5) is 0 Å². The lowest BCUT2D eigenvalue weighted by molar-refractivity contribution is -0.136. The molecule has 0 spiro atoms. The average Bonchev–Trinajstić information content (AvgIpc) is 2.71. The molecule has 0 saturated carbocycles. The summed E-state index contributed by atoms with van der Waals surface area (Å²) < 4.78 is 0. The van der Waals surface area contributed by atoms with Crippen LogP contribution in [0.2, 0.25) is 0 Å². The van der Waals surface area contributed by atoms with Crippen LogP contribution in [0.3, 0.4) is 0 Å². The molecule has 0 radical (unpaired) electrons. The van der Waals surface area contributed by atoms with E-state index >= 15 is 0 Å². The van der Waals surface area contributed by atoms with Crippen molar-refractivity contribution in [3.63, 3.8) is 0 Å². The number of allylic oxidation sites excluding steroid dienone is 2. The molecular formula is C11H17NO. The van der Waals surface area contributed by atoms with E-state index in [0.29, 0.717) is 5.91 Å². The van der Waals surface area contributed by atoms with E-state index in [1.807, 2.05) is 0 Å². The third kappa shape index (κ3) is 1.93. The van der Waals surface area contributed by atoms with Crippen LogP contribution in [0.15, 0.2) is 12.2 Å². The molecule has 1 heterocycles. The van der Waals surface area contributed by atoms with Gasteiger partial charge in [-0.1, -0.05) is 12.2 Å². The van der Waals surface area contributed by atoms with E-state index in [2.05, 4.69) is 17.1 Å². The van der Waals surface area contributed by atoms with Crippen molar-refractivity contribution in [3.05, 3.63) is 12.2 Å². The van der Waals surface area contributed by atoms with Crippen LogP contribution in [0.1, 0.15) is 32.1 Å². The SMILES string of the molecule is O=C(C1CC=CC1)N1CCCCC1. The zero-order chi connectivity index (χ0) is 9.10. The summed E-state index contributed by atoms with van der Waals surface area (Å²) in [4.78, 5) is 13.9. The Labute approximate surface area is 79.6 Å². The second kappa shape index (κ2) is 3.95. The quantitative estimate of drug-likeness (QED) is 0.563. The van der Waals surface area contributed by atoms with E-state index < -0.39 is 0 Å². The summed E-state index contributed by atoms with van der Waals surface area (Å²) in [6.45, 7) is 1.99. The molecule has 1 saturated heterocycles. The number of rotatable bonds is 1. The Bertz CT molecular complexity index is 208. The van der Waals surface area contributed by atoms with Crippen LogP contribution in [0.5, 0.6) is 0 Å². The molecule has 2 nitrogen and oxygen atoms in total. The van der Waals surface area contributed by atoms with Crippen molar-refractivity contribution in [1.29, 1.82) is 0 Å². The first-order chi connectivity index (χ1) is 6.38. The van der Waals surface area contributed by atoms with Gasteiger partial charge >= 0.3 is 0 Å². The number of carbonyl (C=O) groups excluding carboxylic acids is 1. The lowest BCUT2D eigenvalue weighted by Crippen LogP contribution is -2.39. The summed E-state index contributed by atoms with van der Waals surface area (Å²) in [5.41, 5.74) is 0. The Morgan fingerprint density at radius 1 is 1.08 bits per heavy atom. The molecule has 1 amide bonds. The molecule has 1 aliphatic heterocycles. The van der Waals surface area contributed by atoms with Crippen molar-refractivity contribution < 1.29 is 4.79 Å². The van der Waals surface area contributed by atoms with Gasteiger partial charge in [-0.15, -0.1) is 0 Å². The fraction of sp³-hybridized carbons (Fsp3) is 0.727. The highest BCUT2D eigenvalue weighted by Crippen LogP contribution is 2.22. The lowest BCUT2D eigenvalue weighted by atomic mass is 10.0. The Hall–Kier alpha value is -0.790. The summed E-state index contributed by atoms with van der Waals surface area (Å²) in [6.07, 6.45) is 9.90. The van der Waals surface area contributed by atoms with Gasteiger partial charge in [-0.05, 0) is 32.1 Å². The molecular weight excluding hydrogens is 162 g/mol. The Morgan fingerprint density at radius 2 is 1.69 bits per heavy atom. The van der Waals surface area contributed by atoms with Crippen molar-refractivity contribution in [2.75, 3.05) is 13.1 Å². The standard InChI is InChI=1S/C11H17NO/c13-11(10-6-2-3-7-10)12-8-4-1-5-9-12/h2-3,10H,1,4-9H2. The van der Waals surface area contributed by atoms with Crippen molar-refractivity contribution in [2.45, 2.75) is 32.1 Å². The van der Waals surface area contributed by atoms with Gasteiger partial charge in [0.05, 0.1) is 0 Å². The van der Waals surface area contributed by atoms with Crippen molar-refractivity contribution in [2.24, 2.45) is 5.92 Å². The first-order valence-corrected chi connectivity index (χ1v) is 5.32. The van der Waals surface area contributed by atoms with Gasteiger partial charge in [-0.2, -0.15) is 0 Å². The predicted molar refractivity (Wildman–Crippen MR) is 52.3 cm³/mol. The van der Waals surface area contributed by atoms with Gasteiger partial charge in [0.25, 0.3) is 0 Å². The monoisotopic (exact) mass is 179 g/mol. The van der Waals surface area contributed by atoms with E-state index in [4.69, 9.17) is 0 Å². The number of nitrogens with zero attached hydrogens (tertiary/aromatic N) is 1. The second-order valence-electron chi connectivity index (χ2n) is 4.03. The van der Waals surface area contributed by atoms with E-state index in [9.17, 15) is 4.79 Å². The molecule has 1 aliphatic carbocycles. The van der Waals surface area contributed by atoms with Crippen LogP contribution in [-0.4, -0.2) is 23.9 Å². The van der Waals surface area contributed by atoms with Crippen molar-refractivity contribution >= 4 is 5.91 Å². The van der Waals surface area contributed by atoms with E-state index in [-0.39, 0.29) is 5.92 Å². The van der Waals surface area contributed by atoms with Crippen LogP contribution in [-0.2, 0) is 4.79 Å². The maximum atomic E-state index is 11.9. The normalized spacial score (nSPS) is 23.8. The first-order valence-electron chi connectivity index (χ1n) is 5.32. The minimum absolute atomic E-state index is 0.276. The zero-order valence-electron chi connectivity index (χ0n) is 8.04. The summed E-state index contributed by atoms with van der Waals surface area (Å²) in [6, 6.07) is 0. The molecule has 0 bridgehead atoms. The van der Waals surface area contributed by atoms with Gasteiger partial charge in [-0.3, -0.25) is 4.79 Å². The molecule has 0 aromatic rings. The molecule has 2 rings (SSSR count). The molecule has 1 fully saturated rings. The van der Waals surface area contributed by atoms with Gasteiger partial charge in [0.2, 0.25) is 5.91 Å². The number of likely N-dealkylation sites (tertiary alicyclic amines) is 1. The molecule has 2 heteroatoms. The second-order valence-corrected chi connectivity index (χ2v) is 4.03. The third-order valence-corrected chi connectivity index (χ3v) is 3.02. The number of amides is 1. The van der Waals surface area contributed by atoms with Crippen LogP contribution in [0, 0.1) is 5.92 Å². The van der Waals surface area contributed by atoms with E-state index in [1.165, 1.54) is 19.3 Å². The van der Waals surface area contributed by atoms with Gasteiger partial charge in [0.15, 0.2) is 0 Å². The molecule has 0 atom stereocenters. The molecule has 0 aromatic heterocycles. The van der Waals surface area contributed by atoms with Crippen LogP contribution < -0.4 is 0 Å². The summed E-state index contributed by atoms with van der Waals surface area (Å²) in [5, 5.41) is 0. The van der Waals surface area contributed by atoms with Crippen LogP contribution >= 0.6 is 0 Å². The number of hydrogen-bond acceptors (Lipinski definition) is 1. The molecule has 0 N–H and O–H groups in total. The van der Waals surface area contributed by atoms with Gasteiger partial charge in [0.1, 0.15) is 0 Å². The average molecular weight is 179 g/mol. The summed E-state index contributed by atoms with van der Waals surface area (Å²) in [7, 11) is 0. The molecule has 72 valence electrons. The fourth-order valence-corrected chi connectivity index (χ4v) is 2.19. The van der Waals surface area contributed by atoms with Crippen molar-refractivity contribution in [3.8, 4) is 0 Å². The first kappa shape index (κ1) is 8.79. The Kier molecular flexibility index (Phi) is 2.67. The molecule has 0 unspecified atom stereocenters. The zero-order valence-corrected chi connectivity index (χ0v) is 8.04. The van der Waals surface area contributed by atoms with E-state index in [0.717, 1.165) is 25.9 Å². The Morgan fingerprint density at radius 3 is 2.31 bits per heavy atom. The molecule has 0 aromatic carbocycles. The van der Waals surface area contributed by atoms with Gasteiger partial charge in [-0.25, -0.2) is 0 Å². The highest BCUT2D eigenvalue weighted by Gasteiger charge is 2.25. The minimum Gasteiger partial charge on any atom is -0.342 e. The smallest absolute Gasteiger partial charge is 0.226 e. The number of hydrogen-bond donors (Lipinski definition) is 0. The lowest BCUT2D eigenvalue weighted by Gasteiger charge is -2.29. The summed E-state index contributed by atoms with van der Waals surface area (Å²) in [5.74, 6) is 0.669. The summed E-state index contributed by atoms with van der Waals surface area (Å²) >= 11 is 0. The van der Waals surface area contributed by atoms with E-state index in [1.54, 1.807) is 0 Å². The minimum atomic E-state index is 0.276. The number of piperidine rings is 1. The predicted octanol–water partition coefficient (Wildman–Crippen LogP) is 1.97. The molecule has 2 aliphatic rings. The maximum absolute atomic E-state index is 11.9. The van der Waals surface area contributed by atoms with Gasteiger partial charge < -0.3 is 4.90 Å². The van der Waals surface area contributed by atoms with Gasteiger partial charge in [0, 0.05) is 19.0 Å². The topological polar surface area (TPSA) is 20.3 Å². The highest BCUT2D eigenvalue weighted by atomic mass is 16.2. The Balaban J connectivity index is 1.88. The number of carbonyl (C=O) groups is 1. The highest BCUT2D eigenvalue weighted by molar-refractivity contribution is 5.79. The fourth-order valence-electron chi connectivity index (χ4n) is 2.19. The molecule has 13 heavy (non-hydrogen) atoms. The largest absolute Gasteiger partial charge is 0.342 e. The third-order valence-electron chi connectivity index (χ3n) is 3.02. The van der Waals surface area contributed by atoms with Crippen molar-refractivity contribution in [1.82, 2.24) is 4.90 Å². The maximum Gasteiger partial charge on any atom is 0.226 e. The van der Waals surface area contributed by atoms with Crippen LogP contribution in [0.25, 0.3) is 0 Å².